The van der Waals surface area contributed by atoms with E-state index in [1.54, 1.807) is 7.11 Å². The molecule has 0 bridgehead atoms. The largest absolute Gasteiger partial charge is 0.377 e. The van der Waals surface area contributed by atoms with Crippen LogP contribution >= 0.6 is 0 Å². The third kappa shape index (κ3) is 2.48. The van der Waals surface area contributed by atoms with Crippen molar-refractivity contribution in [3.05, 3.63) is 0 Å². The number of ether oxygens (including phenoxy) is 2. The monoisotopic (exact) mass is 197 g/mol. The molecular weight excluding hydrogens is 178 g/mol. The zero-order valence-electron chi connectivity index (χ0n) is 9.12. The van der Waals surface area contributed by atoms with E-state index in [2.05, 4.69) is 11.2 Å². The number of terminal acetylenes is 1. The number of hydrogen-bond donors (Lipinski definition) is 1. The minimum Gasteiger partial charge on any atom is -0.377 e. The minimum absolute atomic E-state index is 0.0974. The normalized spacial score (nSPS) is 33.1. The highest BCUT2D eigenvalue weighted by Gasteiger charge is 2.42. The van der Waals surface area contributed by atoms with Crippen LogP contribution in [0.4, 0.5) is 0 Å². The van der Waals surface area contributed by atoms with E-state index in [0.29, 0.717) is 6.04 Å². The molecule has 3 heteroatoms. The quantitative estimate of drug-likeness (QED) is 0.661. The van der Waals surface area contributed by atoms with Crippen molar-refractivity contribution in [2.45, 2.75) is 44.6 Å². The second-order valence-electron chi connectivity index (χ2n) is 3.59. The lowest BCUT2D eigenvalue weighted by molar-refractivity contribution is -0.131. The van der Waals surface area contributed by atoms with Crippen LogP contribution in [0.15, 0.2) is 0 Å². The second kappa shape index (κ2) is 5.35. The van der Waals surface area contributed by atoms with Crippen LogP contribution in [0, 0.1) is 12.3 Å². The molecule has 0 aromatic rings. The molecule has 0 aromatic carbocycles. The van der Waals surface area contributed by atoms with E-state index in [1.165, 1.54) is 0 Å². The van der Waals surface area contributed by atoms with Gasteiger partial charge in [0.1, 0.15) is 0 Å². The highest BCUT2D eigenvalue weighted by Crippen LogP contribution is 2.27. The predicted molar refractivity (Wildman–Crippen MR) is 56.0 cm³/mol. The molecule has 0 aliphatic heterocycles. The Morgan fingerprint density at radius 1 is 1.64 bits per heavy atom. The van der Waals surface area contributed by atoms with E-state index in [-0.39, 0.29) is 18.2 Å². The van der Waals surface area contributed by atoms with Crippen LogP contribution in [0.3, 0.4) is 0 Å². The molecule has 14 heavy (non-hydrogen) atoms. The highest BCUT2D eigenvalue weighted by molar-refractivity contribution is 5.03. The second-order valence-corrected chi connectivity index (χ2v) is 3.59. The van der Waals surface area contributed by atoms with Crippen molar-refractivity contribution < 1.29 is 9.47 Å². The van der Waals surface area contributed by atoms with Gasteiger partial charge in [0.25, 0.3) is 0 Å². The number of hydrogen-bond acceptors (Lipinski definition) is 3. The van der Waals surface area contributed by atoms with Crippen molar-refractivity contribution in [1.29, 1.82) is 0 Å². The van der Waals surface area contributed by atoms with E-state index in [4.69, 9.17) is 15.9 Å². The molecule has 80 valence electrons. The van der Waals surface area contributed by atoms with Crippen molar-refractivity contribution in [1.82, 2.24) is 5.32 Å². The summed E-state index contributed by atoms with van der Waals surface area (Å²) in [4.78, 5) is 0. The summed E-state index contributed by atoms with van der Waals surface area (Å²) in [6, 6.07) is 0.433. The molecule has 0 aromatic heterocycles. The highest BCUT2D eigenvalue weighted by atomic mass is 16.5. The Morgan fingerprint density at radius 2 is 2.36 bits per heavy atom. The lowest BCUT2D eigenvalue weighted by atomic mass is 9.84. The van der Waals surface area contributed by atoms with E-state index >= 15 is 0 Å². The van der Waals surface area contributed by atoms with Gasteiger partial charge in [0, 0.05) is 19.8 Å². The Bertz CT molecular complexity index is 212. The third-order valence-corrected chi connectivity index (χ3v) is 2.62. The first-order valence-electron chi connectivity index (χ1n) is 5.09. The fourth-order valence-electron chi connectivity index (χ4n) is 1.81. The molecule has 4 atom stereocenters. The number of nitrogens with one attached hydrogen (secondary N) is 1. The number of rotatable bonds is 5. The first-order chi connectivity index (χ1) is 6.72. The van der Waals surface area contributed by atoms with Crippen molar-refractivity contribution in [3.63, 3.8) is 0 Å². The summed E-state index contributed by atoms with van der Waals surface area (Å²) in [5.41, 5.74) is 0. The SMILES string of the molecule is C#CC(C)NC1CC(OCC)C1OC. The molecule has 0 saturated heterocycles. The summed E-state index contributed by atoms with van der Waals surface area (Å²) < 4.78 is 10.9. The molecule has 0 spiro atoms. The topological polar surface area (TPSA) is 30.5 Å². The zero-order valence-corrected chi connectivity index (χ0v) is 9.12. The average molecular weight is 197 g/mol. The molecule has 1 fully saturated rings. The van der Waals surface area contributed by atoms with Gasteiger partial charge in [-0.05, 0) is 20.3 Å². The number of methoxy groups -OCH3 is 1. The van der Waals surface area contributed by atoms with Gasteiger partial charge in [0.15, 0.2) is 0 Å². The van der Waals surface area contributed by atoms with E-state index in [0.717, 1.165) is 13.0 Å². The molecule has 1 N–H and O–H groups in total. The van der Waals surface area contributed by atoms with Gasteiger partial charge in [-0.15, -0.1) is 6.42 Å². The Balaban J connectivity index is 2.33. The maximum absolute atomic E-state index is 5.51. The van der Waals surface area contributed by atoms with Crippen molar-refractivity contribution in [2.75, 3.05) is 13.7 Å². The van der Waals surface area contributed by atoms with Gasteiger partial charge in [0.05, 0.1) is 18.2 Å². The van der Waals surface area contributed by atoms with Crippen LogP contribution in [0.5, 0.6) is 0 Å². The standard InChI is InChI=1S/C11H19NO2/c1-5-8(3)12-9-7-10(14-6-2)11(9)13-4/h1,8-12H,6-7H2,2-4H3. The predicted octanol–water partition coefficient (Wildman–Crippen LogP) is 0.790. The molecule has 1 saturated carbocycles. The van der Waals surface area contributed by atoms with Crippen LogP contribution < -0.4 is 5.32 Å². The fraction of sp³-hybridized carbons (Fsp3) is 0.818. The van der Waals surface area contributed by atoms with Gasteiger partial charge in [0.2, 0.25) is 0 Å². The van der Waals surface area contributed by atoms with Gasteiger partial charge in [-0.2, -0.15) is 0 Å². The molecule has 3 nitrogen and oxygen atoms in total. The summed E-state index contributed by atoms with van der Waals surface area (Å²) in [5, 5.41) is 3.31. The van der Waals surface area contributed by atoms with Gasteiger partial charge in [-0.1, -0.05) is 5.92 Å². The Morgan fingerprint density at radius 3 is 2.86 bits per heavy atom. The van der Waals surface area contributed by atoms with Crippen molar-refractivity contribution in [3.8, 4) is 12.3 Å². The molecular formula is C11H19NO2. The molecule has 0 radical (unpaired) electrons. The van der Waals surface area contributed by atoms with Gasteiger partial charge < -0.3 is 9.47 Å². The molecule has 1 rings (SSSR count). The summed E-state index contributed by atoms with van der Waals surface area (Å²) in [6.07, 6.45) is 6.65. The average Bonchev–Trinajstić information content (AvgIpc) is 2.16. The van der Waals surface area contributed by atoms with Crippen molar-refractivity contribution >= 4 is 0 Å². The summed E-state index contributed by atoms with van der Waals surface area (Å²) in [6.45, 7) is 4.71. The molecule has 1 aliphatic carbocycles. The molecule has 0 amide bonds. The summed E-state index contributed by atoms with van der Waals surface area (Å²) in [5.74, 6) is 2.65. The first-order valence-corrected chi connectivity index (χ1v) is 5.09. The van der Waals surface area contributed by atoms with E-state index in [9.17, 15) is 0 Å². The molecule has 4 unspecified atom stereocenters. The third-order valence-electron chi connectivity index (χ3n) is 2.62. The fourth-order valence-corrected chi connectivity index (χ4v) is 1.81. The summed E-state index contributed by atoms with van der Waals surface area (Å²) >= 11 is 0. The maximum Gasteiger partial charge on any atom is 0.0987 e. The van der Waals surface area contributed by atoms with Crippen LogP contribution in [-0.4, -0.2) is 38.0 Å². The van der Waals surface area contributed by atoms with Crippen LogP contribution in [0.1, 0.15) is 20.3 Å². The van der Waals surface area contributed by atoms with Crippen LogP contribution in [0.2, 0.25) is 0 Å². The van der Waals surface area contributed by atoms with Crippen LogP contribution in [0.25, 0.3) is 0 Å². The maximum atomic E-state index is 5.51. The Hall–Kier alpha value is -0.560. The Kier molecular flexibility index (Phi) is 4.40. The first kappa shape index (κ1) is 11.5. The van der Waals surface area contributed by atoms with Crippen molar-refractivity contribution in [2.24, 2.45) is 0 Å². The lowest BCUT2D eigenvalue weighted by Gasteiger charge is -2.44. The zero-order chi connectivity index (χ0) is 10.6. The molecule has 0 heterocycles. The van der Waals surface area contributed by atoms with Crippen LogP contribution in [-0.2, 0) is 9.47 Å². The van der Waals surface area contributed by atoms with Gasteiger partial charge in [-0.25, -0.2) is 0 Å². The molecule has 1 aliphatic rings. The smallest absolute Gasteiger partial charge is 0.0987 e. The lowest BCUT2D eigenvalue weighted by Crippen LogP contribution is -2.61. The van der Waals surface area contributed by atoms with Gasteiger partial charge in [-0.3, -0.25) is 5.32 Å². The van der Waals surface area contributed by atoms with E-state index < -0.39 is 0 Å². The Labute approximate surface area is 86.2 Å². The summed E-state index contributed by atoms with van der Waals surface area (Å²) in [7, 11) is 1.71. The minimum atomic E-state index is 0.0974. The van der Waals surface area contributed by atoms with E-state index in [1.807, 2.05) is 13.8 Å². The van der Waals surface area contributed by atoms with Gasteiger partial charge >= 0.3 is 0 Å².